The maximum Gasteiger partial charge on any atom is 0.274 e. The van der Waals surface area contributed by atoms with Crippen molar-refractivity contribution in [1.29, 1.82) is 5.26 Å². The topological polar surface area (TPSA) is 79.9 Å². The SMILES string of the molecule is Cn1cnc(C2CC3CC(C#N)(OSI)CC3C2)c1C(=O)Nc1ccc(F)c(Cl)c1. The van der Waals surface area contributed by atoms with Crippen LogP contribution in [0.4, 0.5) is 10.1 Å². The van der Waals surface area contributed by atoms with Crippen molar-refractivity contribution in [1.82, 2.24) is 9.55 Å². The highest BCUT2D eigenvalue weighted by Gasteiger charge is 2.52. The number of benzene rings is 1. The number of hydrogen-bond acceptors (Lipinski definition) is 5. The highest BCUT2D eigenvalue weighted by Crippen LogP contribution is 2.55. The lowest BCUT2D eigenvalue weighted by atomic mass is 9.93. The molecule has 0 spiro atoms. The molecule has 2 atom stereocenters. The lowest BCUT2D eigenvalue weighted by molar-refractivity contribution is 0.101. The Morgan fingerprint density at radius 2 is 2.17 bits per heavy atom. The highest BCUT2D eigenvalue weighted by atomic mass is 127. The van der Waals surface area contributed by atoms with Crippen molar-refractivity contribution in [2.45, 2.75) is 37.2 Å². The Labute approximate surface area is 195 Å². The number of carbonyl (C=O) groups excluding carboxylic acids is 1. The van der Waals surface area contributed by atoms with E-state index in [0.717, 1.165) is 18.5 Å². The molecule has 10 heteroatoms. The molecule has 1 N–H and O–H groups in total. The van der Waals surface area contributed by atoms with E-state index in [0.29, 0.717) is 36.1 Å². The van der Waals surface area contributed by atoms with Gasteiger partial charge in [-0.2, -0.15) is 5.26 Å². The van der Waals surface area contributed by atoms with Gasteiger partial charge < -0.3 is 9.88 Å². The summed E-state index contributed by atoms with van der Waals surface area (Å²) in [4.78, 5) is 17.5. The zero-order valence-corrected chi connectivity index (χ0v) is 19.8. The molecule has 1 aromatic heterocycles. The third-order valence-corrected chi connectivity index (χ3v) is 7.38. The van der Waals surface area contributed by atoms with E-state index in [1.54, 1.807) is 17.9 Å². The van der Waals surface area contributed by atoms with Crippen LogP contribution >= 0.6 is 42.0 Å². The van der Waals surface area contributed by atoms with Crippen LogP contribution in [-0.2, 0) is 11.2 Å². The number of hydrogen-bond donors (Lipinski definition) is 1. The van der Waals surface area contributed by atoms with Crippen molar-refractivity contribution in [2.24, 2.45) is 18.9 Å². The number of amides is 1. The van der Waals surface area contributed by atoms with E-state index < -0.39 is 11.4 Å². The number of carbonyl (C=O) groups is 1. The van der Waals surface area contributed by atoms with Crippen molar-refractivity contribution < 1.29 is 13.4 Å². The monoisotopic (exact) mass is 560 g/mol. The summed E-state index contributed by atoms with van der Waals surface area (Å²) in [6.45, 7) is 0. The summed E-state index contributed by atoms with van der Waals surface area (Å²) in [6, 6.07) is 6.44. The first-order valence-corrected chi connectivity index (χ1v) is 13.2. The quantitative estimate of drug-likeness (QED) is 0.378. The molecule has 1 aromatic carbocycles. The lowest BCUT2D eigenvalue weighted by Crippen LogP contribution is -2.25. The number of nitrogens with one attached hydrogen (secondary N) is 1. The van der Waals surface area contributed by atoms with Crippen LogP contribution in [0.1, 0.15) is 47.8 Å². The smallest absolute Gasteiger partial charge is 0.274 e. The number of aromatic nitrogens is 2. The van der Waals surface area contributed by atoms with Crippen LogP contribution in [0.2, 0.25) is 5.02 Å². The minimum Gasteiger partial charge on any atom is -0.329 e. The van der Waals surface area contributed by atoms with E-state index in [-0.39, 0.29) is 16.8 Å². The van der Waals surface area contributed by atoms with Crippen molar-refractivity contribution >= 4 is 53.6 Å². The average Bonchev–Trinajstić information content (AvgIpc) is 3.36. The first-order valence-electron chi connectivity index (χ1n) is 9.51. The van der Waals surface area contributed by atoms with E-state index in [4.69, 9.17) is 15.8 Å². The van der Waals surface area contributed by atoms with Gasteiger partial charge in [0.1, 0.15) is 11.5 Å². The van der Waals surface area contributed by atoms with E-state index in [2.05, 4.69) is 37.6 Å². The highest BCUT2D eigenvalue weighted by molar-refractivity contribution is 14.2. The van der Waals surface area contributed by atoms with E-state index in [9.17, 15) is 14.4 Å². The van der Waals surface area contributed by atoms with Gasteiger partial charge in [0.05, 0.1) is 32.3 Å². The van der Waals surface area contributed by atoms with Crippen LogP contribution in [0.3, 0.4) is 0 Å². The summed E-state index contributed by atoms with van der Waals surface area (Å²) in [6.07, 6.45) is 4.82. The first-order chi connectivity index (χ1) is 14.4. The molecule has 0 saturated heterocycles. The number of anilines is 1. The number of aryl methyl sites for hydroxylation is 1. The third-order valence-electron chi connectivity index (χ3n) is 6.16. The number of nitrogens with zero attached hydrogens (tertiary/aromatic N) is 3. The maximum absolute atomic E-state index is 13.4. The molecule has 2 aliphatic rings. The second-order valence-corrected chi connectivity index (χ2v) is 9.80. The second-order valence-electron chi connectivity index (χ2n) is 8.02. The van der Waals surface area contributed by atoms with E-state index in [1.807, 2.05) is 0 Å². The Kier molecular flexibility index (Phi) is 6.30. The molecular formula is C20H19ClFIN4O2S. The summed E-state index contributed by atoms with van der Waals surface area (Å²) < 4.78 is 20.8. The summed E-state index contributed by atoms with van der Waals surface area (Å²) in [7, 11) is 3.00. The molecule has 0 aliphatic heterocycles. The van der Waals surface area contributed by atoms with Gasteiger partial charge >= 0.3 is 0 Å². The summed E-state index contributed by atoms with van der Waals surface area (Å²) in [5, 5.41) is 12.3. The average molecular weight is 561 g/mol. The fourth-order valence-electron chi connectivity index (χ4n) is 4.89. The van der Waals surface area contributed by atoms with Crippen LogP contribution in [0.15, 0.2) is 24.5 Å². The van der Waals surface area contributed by atoms with Crippen LogP contribution in [0.5, 0.6) is 0 Å². The number of fused-ring (bicyclic) bond motifs is 1. The Balaban J connectivity index is 1.51. The van der Waals surface area contributed by atoms with Gasteiger partial charge in [0.25, 0.3) is 5.91 Å². The zero-order valence-electron chi connectivity index (χ0n) is 16.1. The molecule has 1 heterocycles. The molecule has 0 bridgehead atoms. The van der Waals surface area contributed by atoms with Gasteiger partial charge in [-0.05, 0) is 55.7 Å². The Morgan fingerprint density at radius 3 is 2.77 bits per heavy atom. The van der Waals surface area contributed by atoms with Gasteiger partial charge in [-0.1, -0.05) is 11.6 Å². The summed E-state index contributed by atoms with van der Waals surface area (Å²) >= 11 is 7.87. The fourth-order valence-corrected chi connectivity index (χ4v) is 6.40. The fraction of sp³-hybridized carbons (Fsp3) is 0.450. The van der Waals surface area contributed by atoms with Gasteiger partial charge in [-0.3, -0.25) is 8.98 Å². The predicted molar refractivity (Wildman–Crippen MR) is 122 cm³/mol. The van der Waals surface area contributed by atoms with Gasteiger partial charge in [0.2, 0.25) is 0 Å². The van der Waals surface area contributed by atoms with Gasteiger partial charge in [0, 0.05) is 39.9 Å². The number of halogens is 3. The third kappa shape index (κ3) is 4.07. The molecular weight excluding hydrogens is 542 g/mol. The molecule has 2 saturated carbocycles. The molecule has 0 radical (unpaired) electrons. The lowest BCUT2D eigenvalue weighted by Gasteiger charge is -2.21. The zero-order chi connectivity index (χ0) is 21.5. The second kappa shape index (κ2) is 8.65. The number of rotatable bonds is 5. The maximum atomic E-state index is 13.4. The van der Waals surface area contributed by atoms with Crippen LogP contribution in [0.25, 0.3) is 0 Å². The molecule has 2 unspecified atom stereocenters. The molecule has 4 rings (SSSR count). The molecule has 2 aromatic rings. The van der Waals surface area contributed by atoms with Gasteiger partial charge in [-0.25, -0.2) is 9.37 Å². The van der Waals surface area contributed by atoms with Crippen molar-refractivity contribution in [3.05, 3.63) is 46.8 Å². The predicted octanol–water partition coefficient (Wildman–Crippen LogP) is 5.65. The molecule has 30 heavy (non-hydrogen) atoms. The molecule has 158 valence electrons. The van der Waals surface area contributed by atoms with Gasteiger partial charge in [0.15, 0.2) is 5.60 Å². The van der Waals surface area contributed by atoms with Crippen LogP contribution in [-0.4, -0.2) is 21.1 Å². The van der Waals surface area contributed by atoms with E-state index in [1.165, 1.54) is 27.4 Å². The van der Waals surface area contributed by atoms with Crippen molar-refractivity contribution in [3.8, 4) is 6.07 Å². The Morgan fingerprint density at radius 1 is 1.47 bits per heavy atom. The minimum atomic E-state index is -0.710. The minimum absolute atomic E-state index is 0.0468. The first kappa shape index (κ1) is 21.9. The molecule has 2 fully saturated rings. The van der Waals surface area contributed by atoms with Gasteiger partial charge in [-0.15, -0.1) is 0 Å². The number of imidazole rings is 1. The largest absolute Gasteiger partial charge is 0.329 e. The van der Waals surface area contributed by atoms with E-state index >= 15 is 0 Å². The molecule has 1 amide bonds. The van der Waals surface area contributed by atoms with Crippen molar-refractivity contribution in [3.63, 3.8) is 0 Å². The van der Waals surface area contributed by atoms with Crippen LogP contribution < -0.4 is 5.32 Å². The molecule has 6 nitrogen and oxygen atoms in total. The molecule has 2 aliphatic carbocycles. The van der Waals surface area contributed by atoms with Crippen molar-refractivity contribution in [2.75, 3.05) is 5.32 Å². The normalized spacial score (nSPS) is 27.6. The number of nitriles is 1. The summed E-state index contributed by atoms with van der Waals surface area (Å²) in [5.41, 5.74) is 0.975. The van der Waals surface area contributed by atoms with Crippen LogP contribution in [0, 0.1) is 29.0 Å². The standard InChI is InChI=1S/C20H19ClFIN4O2S/c1-27-10-25-17(18(27)19(28)26-14-2-3-16(22)15(21)6-14)11-4-12-7-20(9-24,29-30-23)8-13(12)5-11/h2-3,6,10-13H,4-5,7-8H2,1H3,(H,26,28). The Hall–Kier alpha value is -1.35. The Bertz CT molecular complexity index is 1010. The summed E-state index contributed by atoms with van der Waals surface area (Å²) in [5.74, 6) is 0.0780.